The molecule has 0 aliphatic heterocycles. The van der Waals surface area contributed by atoms with E-state index in [4.69, 9.17) is 0 Å². The SMILES string of the molecule is Cc1nn(CC(=O)Nc2cc(C)n(Cc3ccc(Br)cc3)n2)c2nccc(-c3ccc(F)cc3)c12. The van der Waals surface area contributed by atoms with Crippen molar-refractivity contribution in [3.05, 3.63) is 94.1 Å². The van der Waals surface area contributed by atoms with Crippen molar-refractivity contribution in [3.63, 3.8) is 0 Å². The van der Waals surface area contributed by atoms with Gasteiger partial charge in [-0.1, -0.05) is 40.2 Å². The van der Waals surface area contributed by atoms with Crippen LogP contribution in [0.1, 0.15) is 17.0 Å². The number of aromatic nitrogens is 5. The number of halogens is 2. The Morgan fingerprint density at radius 1 is 1.00 bits per heavy atom. The summed E-state index contributed by atoms with van der Waals surface area (Å²) >= 11 is 3.44. The summed E-state index contributed by atoms with van der Waals surface area (Å²) in [6, 6.07) is 18.0. The summed E-state index contributed by atoms with van der Waals surface area (Å²) in [5, 5.41) is 12.8. The van der Waals surface area contributed by atoms with Gasteiger partial charge in [-0.15, -0.1) is 0 Å². The Morgan fingerprint density at radius 2 is 1.74 bits per heavy atom. The molecule has 1 amide bonds. The van der Waals surface area contributed by atoms with E-state index in [1.807, 2.05) is 54.9 Å². The number of benzene rings is 2. The van der Waals surface area contributed by atoms with Gasteiger partial charge in [0.2, 0.25) is 5.91 Å². The first-order valence-corrected chi connectivity index (χ1v) is 11.8. The van der Waals surface area contributed by atoms with E-state index in [-0.39, 0.29) is 18.3 Å². The number of anilines is 1. The monoisotopic (exact) mass is 532 g/mol. The first-order chi connectivity index (χ1) is 16.9. The van der Waals surface area contributed by atoms with E-state index in [0.717, 1.165) is 37.9 Å². The van der Waals surface area contributed by atoms with Gasteiger partial charge in [0.05, 0.1) is 12.2 Å². The molecule has 3 aromatic heterocycles. The fraction of sp³-hybridized carbons (Fsp3) is 0.154. The molecule has 3 heterocycles. The third kappa shape index (κ3) is 4.85. The third-order valence-corrected chi connectivity index (χ3v) is 6.28. The van der Waals surface area contributed by atoms with Gasteiger partial charge < -0.3 is 5.32 Å². The van der Waals surface area contributed by atoms with E-state index in [2.05, 4.69) is 36.4 Å². The molecular weight excluding hydrogens is 511 g/mol. The van der Waals surface area contributed by atoms with Crippen LogP contribution in [0.2, 0.25) is 0 Å². The first-order valence-electron chi connectivity index (χ1n) is 11.0. The number of nitrogens with zero attached hydrogens (tertiary/aromatic N) is 5. The highest BCUT2D eigenvalue weighted by Gasteiger charge is 2.17. The highest BCUT2D eigenvalue weighted by Crippen LogP contribution is 2.30. The maximum Gasteiger partial charge on any atom is 0.247 e. The predicted molar refractivity (Wildman–Crippen MR) is 136 cm³/mol. The van der Waals surface area contributed by atoms with Gasteiger partial charge in [-0.3, -0.25) is 9.48 Å². The zero-order chi connectivity index (χ0) is 24.5. The van der Waals surface area contributed by atoms with Crippen LogP contribution in [0, 0.1) is 19.7 Å². The zero-order valence-electron chi connectivity index (χ0n) is 19.2. The molecule has 0 spiro atoms. The summed E-state index contributed by atoms with van der Waals surface area (Å²) in [6.45, 7) is 4.42. The average molecular weight is 533 g/mol. The average Bonchev–Trinajstić information content (AvgIpc) is 3.34. The number of fused-ring (bicyclic) bond motifs is 1. The molecule has 0 bridgehead atoms. The van der Waals surface area contributed by atoms with Crippen molar-refractivity contribution in [1.82, 2.24) is 24.5 Å². The van der Waals surface area contributed by atoms with Gasteiger partial charge in [0.25, 0.3) is 0 Å². The Balaban J connectivity index is 1.35. The Morgan fingerprint density at radius 3 is 2.49 bits per heavy atom. The van der Waals surface area contributed by atoms with Crippen LogP contribution in [0.3, 0.4) is 0 Å². The Hall–Kier alpha value is -3.85. The molecule has 176 valence electrons. The van der Waals surface area contributed by atoms with E-state index < -0.39 is 0 Å². The lowest BCUT2D eigenvalue weighted by Gasteiger charge is -2.06. The summed E-state index contributed by atoms with van der Waals surface area (Å²) in [5.41, 5.74) is 5.14. The van der Waals surface area contributed by atoms with E-state index in [1.54, 1.807) is 23.0 Å². The first kappa shape index (κ1) is 22.9. The minimum Gasteiger partial charge on any atom is -0.308 e. The van der Waals surface area contributed by atoms with Crippen molar-refractivity contribution >= 4 is 38.7 Å². The molecule has 0 fully saturated rings. The quantitative estimate of drug-likeness (QED) is 0.313. The fourth-order valence-electron chi connectivity index (χ4n) is 4.07. The van der Waals surface area contributed by atoms with Gasteiger partial charge in [0.1, 0.15) is 12.4 Å². The van der Waals surface area contributed by atoms with Crippen LogP contribution in [0.5, 0.6) is 0 Å². The van der Waals surface area contributed by atoms with Crippen molar-refractivity contribution in [2.75, 3.05) is 5.32 Å². The molecule has 1 N–H and O–H groups in total. The topological polar surface area (TPSA) is 77.6 Å². The van der Waals surface area contributed by atoms with Crippen molar-refractivity contribution in [2.24, 2.45) is 0 Å². The number of carbonyl (C=O) groups is 1. The molecule has 7 nitrogen and oxygen atoms in total. The van der Waals surface area contributed by atoms with Gasteiger partial charge in [-0.25, -0.2) is 14.1 Å². The smallest absolute Gasteiger partial charge is 0.247 e. The largest absolute Gasteiger partial charge is 0.308 e. The minimum atomic E-state index is -0.294. The van der Waals surface area contributed by atoms with Crippen molar-refractivity contribution in [1.29, 1.82) is 0 Å². The Kier molecular flexibility index (Phi) is 6.17. The predicted octanol–water partition coefficient (Wildman–Crippen LogP) is 5.50. The summed E-state index contributed by atoms with van der Waals surface area (Å²) in [6.07, 6.45) is 1.67. The lowest BCUT2D eigenvalue weighted by Crippen LogP contribution is -2.20. The highest BCUT2D eigenvalue weighted by atomic mass is 79.9. The van der Waals surface area contributed by atoms with Crippen LogP contribution in [-0.4, -0.2) is 30.5 Å². The van der Waals surface area contributed by atoms with Gasteiger partial charge in [0, 0.05) is 27.8 Å². The summed E-state index contributed by atoms with van der Waals surface area (Å²) < 4.78 is 17.8. The summed E-state index contributed by atoms with van der Waals surface area (Å²) in [7, 11) is 0. The second-order valence-electron chi connectivity index (χ2n) is 8.31. The third-order valence-electron chi connectivity index (χ3n) is 5.75. The van der Waals surface area contributed by atoms with Gasteiger partial charge in [-0.2, -0.15) is 10.2 Å². The highest BCUT2D eigenvalue weighted by molar-refractivity contribution is 9.10. The molecule has 0 atom stereocenters. The Labute approximate surface area is 209 Å². The van der Waals surface area contributed by atoms with Crippen LogP contribution in [-0.2, 0) is 17.9 Å². The standard InChI is InChI=1S/C26H22BrFN6O/c1-16-13-23(32-33(16)14-18-3-7-20(27)8-4-18)30-24(35)15-34-26-25(17(2)31-34)22(11-12-29-26)19-5-9-21(28)10-6-19/h3-13H,14-15H2,1-2H3,(H,30,32,35). The molecule has 0 unspecified atom stereocenters. The molecule has 0 aliphatic carbocycles. The van der Waals surface area contributed by atoms with E-state index >= 15 is 0 Å². The van der Waals surface area contributed by atoms with Gasteiger partial charge >= 0.3 is 0 Å². The van der Waals surface area contributed by atoms with Crippen molar-refractivity contribution in [2.45, 2.75) is 26.9 Å². The summed E-state index contributed by atoms with van der Waals surface area (Å²) in [5.74, 6) is -0.0629. The van der Waals surface area contributed by atoms with Crippen molar-refractivity contribution < 1.29 is 9.18 Å². The maximum atomic E-state index is 13.4. The number of hydrogen-bond acceptors (Lipinski definition) is 4. The lowest BCUT2D eigenvalue weighted by atomic mass is 10.0. The second-order valence-corrected chi connectivity index (χ2v) is 9.23. The Bertz CT molecular complexity index is 1520. The number of carbonyl (C=O) groups excluding carboxylic acids is 1. The molecule has 0 saturated carbocycles. The molecule has 0 radical (unpaired) electrons. The molecule has 0 aliphatic rings. The zero-order valence-corrected chi connectivity index (χ0v) is 20.8. The van der Waals surface area contributed by atoms with E-state index in [9.17, 15) is 9.18 Å². The molecular formula is C26H22BrFN6O. The minimum absolute atomic E-state index is 0.0111. The second kappa shape index (κ2) is 9.42. The van der Waals surface area contributed by atoms with Crippen molar-refractivity contribution in [3.8, 4) is 11.1 Å². The summed E-state index contributed by atoms with van der Waals surface area (Å²) in [4.78, 5) is 17.3. The van der Waals surface area contributed by atoms with Gasteiger partial charge in [-0.05, 0) is 60.9 Å². The molecule has 35 heavy (non-hydrogen) atoms. The van der Waals surface area contributed by atoms with Crippen LogP contribution in [0.25, 0.3) is 22.2 Å². The van der Waals surface area contributed by atoms with Crippen LogP contribution in [0.4, 0.5) is 10.2 Å². The maximum absolute atomic E-state index is 13.4. The normalized spacial score (nSPS) is 11.2. The molecule has 9 heteroatoms. The van der Waals surface area contributed by atoms with Gasteiger partial charge in [0.15, 0.2) is 11.5 Å². The lowest BCUT2D eigenvalue weighted by molar-refractivity contribution is -0.116. The fourth-order valence-corrected chi connectivity index (χ4v) is 4.34. The number of pyridine rings is 1. The van der Waals surface area contributed by atoms with E-state index in [0.29, 0.717) is 18.0 Å². The number of rotatable bonds is 6. The molecule has 5 aromatic rings. The number of amides is 1. The number of aryl methyl sites for hydroxylation is 2. The molecule has 0 saturated heterocycles. The van der Waals surface area contributed by atoms with Crippen LogP contribution < -0.4 is 5.32 Å². The van der Waals surface area contributed by atoms with Crippen LogP contribution in [0.15, 0.2) is 71.3 Å². The molecule has 2 aromatic carbocycles. The number of hydrogen-bond donors (Lipinski definition) is 1. The number of nitrogens with one attached hydrogen (secondary N) is 1. The molecule has 5 rings (SSSR count). The van der Waals surface area contributed by atoms with E-state index in [1.165, 1.54) is 12.1 Å². The van der Waals surface area contributed by atoms with Crippen LogP contribution >= 0.6 is 15.9 Å².